The molecule has 0 bridgehead atoms. The normalized spacial score (nSPS) is 43.6. The monoisotopic (exact) mass is 157 g/mol. The lowest BCUT2D eigenvalue weighted by Crippen LogP contribution is -2.63. The van der Waals surface area contributed by atoms with Crippen molar-refractivity contribution in [2.45, 2.75) is 32.7 Å². The molecule has 1 saturated carbocycles. The number of rotatable bonds is 3. The van der Waals surface area contributed by atoms with Crippen LogP contribution in [0, 0.1) is 11.8 Å². The summed E-state index contributed by atoms with van der Waals surface area (Å²) >= 11 is 0. The van der Waals surface area contributed by atoms with Gasteiger partial charge in [0.2, 0.25) is 0 Å². The molecule has 1 aliphatic carbocycles. The van der Waals surface area contributed by atoms with E-state index in [4.69, 9.17) is 0 Å². The molecule has 0 heterocycles. The van der Waals surface area contributed by atoms with E-state index in [1.165, 1.54) is 0 Å². The van der Waals surface area contributed by atoms with E-state index >= 15 is 0 Å². The maximum absolute atomic E-state index is 9.19. The minimum atomic E-state index is 0.0498. The van der Waals surface area contributed by atoms with E-state index < -0.39 is 0 Å². The van der Waals surface area contributed by atoms with Crippen LogP contribution in [0.25, 0.3) is 0 Å². The summed E-state index contributed by atoms with van der Waals surface area (Å²) in [5.41, 5.74) is 0.0498. The zero-order valence-corrected chi connectivity index (χ0v) is 7.72. The summed E-state index contributed by atoms with van der Waals surface area (Å²) in [5, 5.41) is 12.6. The lowest BCUT2D eigenvalue weighted by Gasteiger charge is -2.52. The third-order valence-electron chi connectivity index (χ3n) is 3.22. The Kier molecular flexibility index (Phi) is 2.55. The van der Waals surface area contributed by atoms with Gasteiger partial charge < -0.3 is 10.4 Å². The van der Waals surface area contributed by atoms with Crippen LogP contribution in [0.4, 0.5) is 0 Å². The molecule has 1 rings (SSSR count). The van der Waals surface area contributed by atoms with Crippen molar-refractivity contribution in [3.63, 3.8) is 0 Å². The Morgan fingerprint density at radius 3 is 2.45 bits per heavy atom. The Morgan fingerprint density at radius 2 is 2.18 bits per heavy atom. The number of likely N-dealkylation sites (N-methyl/N-ethyl adjacent to an activating group) is 1. The summed E-state index contributed by atoms with van der Waals surface area (Å²) < 4.78 is 0. The van der Waals surface area contributed by atoms with Crippen molar-refractivity contribution in [2.24, 2.45) is 11.8 Å². The molecule has 66 valence electrons. The molecule has 0 aliphatic heterocycles. The van der Waals surface area contributed by atoms with E-state index in [-0.39, 0.29) is 12.1 Å². The van der Waals surface area contributed by atoms with Gasteiger partial charge in [-0.15, -0.1) is 0 Å². The predicted octanol–water partition coefficient (Wildman–Crippen LogP) is 1.00. The van der Waals surface area contributed by atoms with Gasteiger partial charge in [0.25, 0.3) is 0 Å². The quantitative estimate of drug-likeness (QED) is 0.640. The molecular formula is C9H19NO. The molecule has 2 nitrogen and oxygen atoms in total. The average molecular weight is 157 g/mol. The molecule has 1 aliphatic rings. The fraction of sp³-hybridized carbons (Fsp3) is 1.00. The molecule has 0 saturated heterocycles. The number of hydrogen-bond donors (Lipinski definition) is 2. The first kappa shape index (κ1) is 9.01. The standard InChI is InChI=1S/C9H19NO/c1-4-10-9(6-11)5-7(2)8(9)3/h7-8,10-11H,4-6H2,1-3H3. The summed E-state index contributed by atoms with van der Waals surface area (Å²) in [4.78, 5) is 0. The third kappa shape index (κ3) is 1.30. The van der Waals surface area contributed by atoms with E-state index in [2.05, 4.69) is 26.1 Å². The minimum absolute atomic E-state index is 0.0498. The lowest BCUT2D eigenvalue weighted by molar-refractivity contribution is -0.0161. The zero-order chi connectivity index (χ0) is 8.48. The maximum Gasteiger partial charge on any atom is 0.0616 e. The van der Waals surface area contributed by atoms with Gasteiger partial charge in [0.05, 0.1) is 6.61 Å². The second kappa shape index (κ2) is 3.11. The lowest BCUT2D eigenvalue weighted by atomic mass is 9.61. The molecule has 3 atom stereocenters. The van der Waals surface area contributed by atoms with Gasteiger partial charge in [-0.3, -0.25) is 0 Å². The molecule has 2 heteroatoms. The summed E-state index contributed by atoms with van der Waals surface area (Å²) in [7, 11) is 0. The fourth-order valence-electron chi connectivity index (χ4n) is 2.17. The highest BCUT2D eigenvalue weighted by atomic mass is 16.3. The summed E-state index contributed by atoms with van der Waals surface area (Å²) in [6.45, 7) is 7.79. The maximum atomic E-state index is 9.19. The van der Waals surface area contributed by atoms with Crippen LogP contribution >= 0.6 is 0 Å². The van der Waals surface area contributed by atoms with Crippen molar-refractivity contribution in [2.75, 3.05) is 13.2 Å². The van der Waals surface area contributed by atoms with Crippen LogP contribution in [-0.4, -0.2) is 23.8 Å². The van der Waals surface area contributed by atoms with E-state index in [9.17, 15) is 5.11 Å². The van der Waals surface area contributed by atoms with Gasteiger partial charge >= 0.3 is 0 Å². The Labute approximate surface area is 69.0 Å². The Bertz CT molecular complexity index is 134. The van der Waals surface area contributed by atoms with Crippen molar-refractivity contribution < 1.29 is 5.11 Å². The molecule has 2 N–H and O–H groups in total. The topological polar surface area (TPSA) is 32.3 Å². The van der Waals surface area contributed by atoms with Gasteiger partial charge in [0.15, 0.2) is 0 Å². The number of hydrogen-bond acceptors (Lipinski definition) is 2. The number of aliphatic hydroxyl groups excluding tert-OH is 1. The minimum Gasteiger partial charge on any atom is -0.394 e. The Morgan fingerprint density at radius 1 is 1.55 bits per heavy atom. The van der Waals surface area contributed by atoms with Crippen LogP contribution in [-0.2, 0) is 0 Å². The van der Waals surface area contributed by atoms with Gasteiger partial charge in [-0.05, 0) is 24.8 Å². The van der Waals surface area contributed by atoms with Crippen LogP contribution in [0.2, 0.25) is 0 Å². The molecule has 3 unspecified atom stereocenters. The average Bonchev–Trinajstić information content (AvgIpc) is 2.03. The van der Waals surface area contributed by atoms with Gasteiger partial charge in [0, 0.05) is 5.54 Å². The van der Waals surface area contributed by atoms with Crippen molar-refractivity contribution >= 4 is 0 Å². The molecule has 0 radical (unpaired) electrons. The van der Waals surface area contributed by atoms with E-state index in [1.807, 2.05) is 0 Å². The third-order valence-corrected chi connectivity index (χ3v) is 3.22. The highest BCUT2D eigenvalue weighted by Crippen LogP contribution is 2.42. The largest absolute Gasteiger partial charge is 0.394 e. The van der Waals surface area contributed by atoms with Crippen LogP contribution in [0.5, 0.6) is 0 Å². The SMILES string of the molecule is CCNC1(CO)CC(C)C1C. The van der Waals surface area contributed by atoms with Crippen LogP contribution in [0.3, 0.4) is 0 Å². The first-order chi connectivity index (χ1) is 5.16. The van der Waals surface area contributed by atoms with Gasteiger partial charge in [-0.2, -0.15) is 0 Å². The van der Waals surface area contributed by atoms with Crippen molar-refractivity contribution in [1.29, 1.82) is 0 Å². The van der Waals surface area contributed by atoms with Crippen molar-refractivity contribution in [3.8, 4) is 0 Å². The van der Waals surface area contributed by atoms with Crippen LogP contribution < -0.4 is 5.32 Å². The smallest absolute Gasteiger partial charge is 0.0616 e. The van der Waals surface area contributed by atoms with Crippen LogP contribution in [0.1, 0.15) is 27.2 Å². The zero-order valence-electron chi connectivity index (χ0n) is 7.72. The molecular weight excluding hydrogens is 138 g/mol. The van der Waals surface area contributed by atoms with E-state index in [0.29, 0.717) is 5.92 Å². The summed E-state index contributed by atoms with van der Waals surface area (Å²) in [6, 6.07) is 0. The molecule has 0 amide bonds. The fourth-order valence-corrected chi connectivity index (χ4v) is 2.17. The van der Waals surface area contributed by atoms with Gasteiger partial charge in [0.1, 0.15) is 0 Å². The van der Waals surface area contributed by atoms with Gasteiger partial charge in [-0.1, -0.05) is 20.8 Å². The second-order valence-electron chi connectivity index (χ2n) is 3.81. The highest BCUT2D eigenvalue weighted by molar-refractivity contribution is 5.04. The summed E-state index contributed by atoms with van der Waals surface area (Å²) in [5.74, 6) is 1.38. The van der Waals surface area contributed by atoms with Crippen molar-refractivity contribution in [1.82, 2.24) is 5.32 Å². The summed E-state index contributed by atoms with van der Waals surface area (Å²) in [6.07, 6.45) is 1.12. The first-order valence-electron chi connectivity index (χ1n) is 4.52. The van der Waals surface area contributed by atoms with Gasteiger partial charge in [-0.25, -0.2) is 0 Å². The van der Waals surface area contributed by atoms with E-state index in [1.54, 1.807) is 0 Å². The Hall–Kier alpha value is -0.0800. The molecule has 0 spiro atoms. The highest BCUT2D eigenvalue weighted by Gasteiger charge is 2.47. The molecule has 0 aromatic rings. The molecule has 0 aromatic heterocycles. The predicted molar refractivity (Wildman–Crippen MR) is 46.4 cm³/mol. The molecule has 1 fully saturated rings. The molecule has 11 heavy (non-hydrogen) atoms. The number of aliphatic hydroxyl groups is 1. The number of nitrogens with one attached hydrogen (secondary N) is 1. The van der Waals surface area contributed by atoms with Crippen molar-refractivity contribution in [3.05, 3.63) is 0 Å². The first-order valence-corrected chi connectivity index (χ1v) is 4.52. The molecule has 0 aromatic carbocycles. The van der Waals surface area contributed by atoms with Crippen LogP contribution in [0.15, 0.2) is 0 Å². The Balaban J connectivity index is 2.50. The second-order valence-corrected chi connectivity index (χ2v) is 3.81. The van der Waals surface area contributed by atoms with E-state index in [0.717, 1.165) is 18.9 Å².